The molecule has 0 spiro atoms. The summed E-state index contributed by atoms with van der Waals surface area (Å²) in [5.74, 6) is 0. The Labute approximate surface area is 117 Å². The molecule has 2 rings (SSSR count). The van der Waals surface area contributed by atoms with Crippen molar-refractivity contribution in [1.29, 1.82) is 0 Å². The molecular formula is C14H18N4O2. The number of nitrogens with one attached hydrogen (secondary N) is 1. The molecule has 2 aromatic rings. The fourth-order valence-corrected chi connectivity index (χ4v) is 2.28. The van der Waals surface area contributed by atoms with Gasteiger partial charge in [0, 0.05) is 29.9 Å². The highest BCUT2D eigenvalue weighted by Crippen LogP contribution is 2.24. The Morgan fingerprint density at radius 1 is 1.35 bits per heavy atom. The minimum Gasteiger partial charge on any atom is -0.316 e. The summed E-state index contributed by atoms with van der Waals surface area (Å²) in [5.41, 5.74) is 4.84. The third-order valence-electron chi connectivity index (χ3n) is 3.43. The number of aromatic nitrogens is 2. The second kappa shape index (κ2) is 5.42. The van der Waals surface area contributed by atoms with Crippen LogP contribution in [-0.2, 0) is 6.54 Å². The molecule has 0 aliphatic rings. The highest BCUT2D eigenvalue weighted by molar-refractivity contribution is 5.50. The molecule has 0 aliphatic heterocycles. The molecule has 0 bridgehead atoms. The van der Waals surface area contributed by atoms with Gasteiger partial charge in [0.15, 0.2) is 0 Å². The molecule has 1 aromatic carbocycles. The molecule has 0 aliphatic carbocycles. The van der Waals surface area contributed by atoms with Crippen LogP contribution < -0.4 is 5.32 Å². The van der Waals surface area contributed by atoms with E-state index in [0.29, 0.717) is 0 Å². The van der Waals surface area contributed by atoms with Crippen LogP contribution in [0, 0.1) is 30.9 Å². The van der Waals surface area contributed by atoms with Crippen LogP contribution >= 0.6 is 0 Å². The molecule has 0 atom stereocenters. The first-order valence-electron chi connectivity index (χ1n) is 6.40. The number of rotatable bonds is 4. The molecule has 20 heavy (non-hydrogen) atoms. The summed E-state index contributed by atoms with van der Waals surface area (Å²) in [5, 5.41) is 18.5. The number of benzene rings is 1. The van der Waals surface area contributed by atoms with E-state index < -0.39 is 0 Å². The van der Waals surface area contributed by atoms with E-state index in [9.17, 15) is 10.1 Å². The van der Waals surface area contributed by atoms with E-state index in [4.69, 9.17) is 0 Å². The monoisotopic (exact) mass is 274 g/mol. The summed E-state index contributed by atoms with van der Waals surface area (Å²) in [6.45, 7) is 6.58. The smallest absolute Gasteiger partial charge is 0.271 e. The minimum absolute atomic E-state index is 0.0771. The molecular weight excluding hydrogens is 256 g/mol. The zero-order chi connectivity index (χ0) is 14.9. The van der Waals surface area contributed by atoms with Crippen LogP contribution in [0.5, 0.6) is 0 Å². The van der Waals surface area contributed by atoms with Crippen molar-refractivity contribution < 1.29 is 4.92 Å². The fourth-order valence-electron chi connectivity index (χ4n) is 2.28. The van der Waals surface area contributed by atoms with Crippen LogP contribution in [0.4, 0.5) is 5.69 Å². The van der Waals surface area contributed by atoms with Crippen LogP contribution in [0.2, 0.25) is 0 Å². The van der Waals surface area contributed by atoms with Gasteiger partial charge in [-0.2, -0.15) is 5.10 Å². The third kappa shape index (κ3) is 2.42. The summed E-state index contributed by atoms with van der Waals surface area (Å²) in [7, 11) is 1.88. The standard InChI is InChI=1S/C14H18N4O2/c1-9-5-6-12(18(19)20)7-14(9)17-11(3)13(8-15-4)10(2)16-17/h5-7,15H,8H2,1-4H3. The molecule has 0 saturated heterocycles. The first kappa shape index (κ1) is 14.2. The van der Waals surface area contributed by atoms with E-state index in [1.165, 1.54) is 6.07 Å². The lowest BCUT2D eigenvalue weighted by molar-refractivity contribution is -0.384. The summed E-state index contributed by atoms with van der Waals surface area (Å²) in [4.78, 5) is 10.5. The highest BCUT2D eigenvalue weighted by atomic mass is 16.6. The Morgan fingerprint density at radius 2 is 2.05 bits per heavy atom. The van der Waals surface area contributed by atoms with Crippen molar-refractivity contribution in [2.24, 2.45) is 0 Å². The van der Waals surface area contributed by atoms with Crippen molar-refractivity contribution in [1.82, 2.24) is 15.1 Å². The molecule has 6 nitrogen and oxygen atoms in total. The van der Waals surface area contributed by atoms with Gasteiger partial charge < -0.3 is 5.32 Å². The van der Waals surface area contributed by atoms with Crippen molar-refractivity contribution in [3.05, 3.63) is 50.8 Å². The first-order chi connectivity index (χ1) is 9.45. The molecule has 0 fully saturated rings. The molecule has 1 heterocycles. The predicted octanol–water partition coefficient (Wildman–Crippen LogP) is 2.43. The number of hydrogen-bond donors (Lipinski definition) is 1. The van der Waals surface area contributed by atoms with Gasteiger partial charge in [0.05, 0.1) is 16.3 Å². The number of nitro benzene ring substituents is 1. The Balaban J connectivity index is 2.59. The summed E-state index contributed by atoms with van der Waals surface area (Å²) in [6, 6.07) is 4.83. The normalized spacial score (nSPS) is 10.8. The van der Waals surface area contributed by atoms with E-state index >= 15 is 0 Å². The molecule has 0 saturated carbocycles. The predicted molar refractivity (Wildman–Crippen MR) is 77.2 cm³/mol. The first-order valence-corrected chi connectivity index (χ1v) is 6.40. The Kier molecular flexibility index (Phi) is 3.85. The van der Waals surface area contributed by atoms with Gasteiger partial charge in [0.2, 0.25) is 0 Å². The van der Waals surface area contributed by atoms with Crippen molar-refractivity contribution >= 4 is 5.69 Å². The fraction of sp³-hybridized carbons (Fsp3) is 0.357. The highest BCUT2D eigenvalue weighted by Gasteiger charge is 2.16. The van der Waals surface area contributed by atoms with Crippen molar-refractivity contribution in [3.8, 4) is 5.69 Å². The number of nitrogens with zero attached hydrogens (tertiary/aromatic N) is 3. The SMILES string of the molecule is CNCc1c(C)nn(-c2cc([N+](=O)[O-])ccc2C)c1C. The summed E-state index contributed by atoms with van der Waals surface area (Å²) in [6.07, 6.45) is 0. The zero-order valence-corrected chi connectivity index (χ0v) is 12.1. The van der Waals surface area contributed by atoms with Crippen LogP contribution in [0.3, 0.4) is 0 Å². The second-order valence-electron chi connectivity index (χ2n) is 4.82. The minimum atomic E-state index is -0.386. The Hall–Kier alpha value is -2.21. The van der Waals surface area contributed by atoms with E-state index in [2.05, 4.69) is 10.4 Å². The van der Waals surface area contributed by atoms with Crippen LogP contribution in [-0.4, -0.2) is 21.8 Å². The number of hydrogen-bond acceptors (Lipinski definition) is 4. The Bertz CT molecular complexity index is 661. The maximum Gasteiger partial charge on any atom is 0.271 e. The topological polar surface area (TPSA) is 73.0 Å². The van der Waals surface area contributed by atoms with Crippen molar-refractivity contribution in [3.63, 3.8) is 0 Å². The Morgan fingerprint density at radius 3 is 2.65 bits per heavy atom. The lowest BCUT2D eigenvalue weighted by Gasteiger charge is -2.08. The van der Waals surface area contributed by atoms with Gasteiger partial charge in [-0.15, -0.1) is 0 Å². The van der Waals surface area contributed by atoms with Crippen molar-refractivity contribution in [2.75, 3.05) is 7.05 Å². The molecule has 0 unspecified atom stereocenters. The zero-order valence-electron chi connectivity index (χ0n) is 12.1. The number of non-ortho nitro benzene ring substituents is 1. The molecule has 0 radical (unpaired) electrons. The average Bonchev–Trinajstić information content (AvgIpc) is 2.67. The van der Waals surface area contributed by atoms with Crippen LogP contribution in [0.15, 0.2) is 18.2 Å². The second-order valence-corrected chi connectivity index (χ2v) is 4.82. The molecule has 1 N–H and O–H groups in total. The number of nitro groups is 1. The maximum absolute atomic E-state index is 10.9. The van der Waals surface area contributed by atoms with Gasteiger partial charge in [0.1, 0.15) is 0 Å². The van der Waals surface area contributed by atoms with E-state index in [-0.39, 0.29) is 10.6 Å². The van der Waals surface area contributed by atoms with Crippen LogP contribution in [0.1, 0.15) is 22.5 Å². The third-order valence-corrected chi connectivity index (χ3v) is 3.43. The molecule has 0 amide bonds. The van der Waals surface area contributed by atoms with Gasteiger partial charge in [-0.25, -0.2) is 4.68 Å². The van der Waals surface area contributed by atoms with E-state index in [1.807, 2.05) is 27.8 Å². The quantitative estimate of drug-likeness (QED) is 0.686. The molecule has 6 heteroatoms. The number of aryl methyl sites for hydroxylation is 2. The van der Waals surface area contributed by atoms with Gasteiger partial charge in [-0.1, -0.05) is 6.07 Å². The van der Waals surface area contributed by atoms with E-state index in [1.54, 1.807) is 16.8 Å². The average molecular weight is 274 g/mol. The lowest BCUT2D eigenvalue weighted by atomic mass is 10.1. The maximum atomic E-state index is 10.9. The molecule has 106 valence electrons. The largest absolute Gasteiger partial charge is 0.316 e. The van der Waals surface area contributed by atoms with Gasteiger partial charge in [-0.05, 0) is 33.4 Å². The summed E-state index contributed by atoms with van der Waals surface area (Å²) >= 11 is 0. The van der Waals surface area contributed by atoms with Crippen LogP contribution in [0.25, 0.3) is 5.69 Å². The lowest BCUT2D eigenvalue weighted by Crippen LogP contribution is -2.08. The van der Waals surface area contributed by atoms with Gasteiger partial charge in [-0.3, -0.25) is 10.1 Å². The van der Waals surface area contributed by atoms with Gasteiger partial charge >= 0.3 is 0 Å². The van der Waals surface area contributed by atoms with Gasteiger partial charge in [0.25, 0.3) is 5.69 Å². The van der Waals surface area contributed by atoms with E-state index in [0.717, 1.165) is 34.7 Å². The molecule has 1 aromatic heterocycles. The summed E-state index contributed by atoms with van der Waals surface area (Å²) < 4.78 is 1.78. The van der Waals surface area contributed by atoms with Crippen molar-refractivity contribution in [2.45, 2.75) is 27.3 Å².